The Bertz CT molecular complexity index is 518. The highest BCUT2D eigenvalue weighted by Gasteiger charge is 2.36. The summed E-state index contributed by atoms with van der Waals surface area (Å²) in [6.45, 7) is 0. The third-order valence-electron chi connectivity index (χ3n) is 2.02. The number of benzene rings is 1. The Morgan fingerprint density at radius 1 is 1.33 bits per heavy atom. The number of aryl methyl sites for hydroxylation is 1. The lowest BCUT2D eigenvalue weighted by atomic mass is 10.2. The highest BCUT2D eigenvalue weighted by Crippen LogP contribution is 2.38. The van der Waals surface area contributed by atoms with Gasteiger partial charge in [-0.1, -0.05) is 21.1 Å². The maximum Gasteiger partial charge on any atom is 0.419 e. The Balaban J connectivity index is 2.87. The summed E-state index contributed by atoms with van der Waals surface area (Å²) in [7, 11) is 1.55. The number of hydrogen-bond donors (Lipinski definition) is 0. The Morgan fingerprint density at radius 2 is 2.00 bits per heavy atom. The third-order valence-corrected chi connectivity index (χ3v) is 2.68. The summed E-state index contributed by atoms with van der Waals surface area (Å²) in [5.74, 6) is 0. The fourth-order valence-electron chi connectivity index (χ4n) is 1.35. The molecule has 3 nitrogen and oxygen atoms in total. The van der Waals surface area contributed by atoms with Crippen LogP contribution < -0.4 is 0 Å². The van der Waals surface area contributed by atoms with Crippen molar-refractivity contribution in [2.75, 3.05) is 0 Å². The second-order valence-electron chi connectivity index (χ2n) is 3.00. The van der Waals surface area contributed by atoms with E-state index in [-0.39, 0.29) is 9.99 Å². The molecule has 7 heteroatoms. The molecule has 0 amide bonds. The average molecular weight is 280 g/mol. The van der Waals surface area contributed by atoms with Crippen LogP contribution in [0.3, 0.4) is 0 Å². The Hall–Kier alpha value is -1.11. The topological polar surface area (TPSA) is 30.7 Å². The van der Waals surface area contributed by atoms with Crippen molar-refractivity contribution < 1.29 is 13.2 Å². The van der Waals surface area contributed by atoms with E-state index in [4.69, 9.17) is 0 Å². The van der Waals surface area contributed by atoms with Gasteiger partial charge in [0.2, 0.25) is 0 Å². The molecule has 0 aliphatic rings. The zero-order chi connectivity index (χ0) is 11.2. The van der Waals surface area contributed by atoms with E-state index in [0.717, 1.165) is 0 Å². The van der Waals surface area contributed by atoms with Crippen LogP contribution in [0.1, 0.15) is 5.56 Å². The second kappa shape index (κ2) is 3.19. The molecule has 15 heavy (non-hydrogen) atoms. The van der Waals surface area contributed by atoms with Gasteiger partial charge in [-0.05, 0) is 12.1 Å². The van der Waals surface area contributed by atoms with Crippen LogP contribution in [0.2, 0.25) is 0 Å². The smallest absolute Gasteiger partial charge is 0.248 e. The van der Waals surface area contributed by atoms with E-state index in [9.17, 15) is 13.2 Å². The lowest BCUT2D eigenvalue weighted by Gasteiger charge is -2.08. The van der Waals surface area contributed by atoms with Crippen molar-refractivity contribution >= 4 is 27.0 Å². The minimum atomic E-state index is -4.44. The van der Waals surface area contributed by atoms with Crippen LogP contribution in [-0.2, 0) is 13.2 Å². The maximum atomic E-state index is 12.7. The van der Waals surface area contributed by atoms with E-state index in [0.29, 0.717) is 5.52 Å². The second-order valence-corrected chi connectivity index (χ2v) is 3.86. The van der Waals surface area contributed by atoms with E-state index < -0.39 is 11.7 Å². The fraction of sp³-hybridized carbons (Fsp3) is 0.250. The van der Waals surface area contributed by atoms with Gasteiger partial charge in [0.05, 0.1) is 11.1 Å². The quantitative estimate of drug-likeness (QED) is 0.743. The average Bonchev–Trinajstić information content (AvgIpc) is 2.45. The van der Waals surface area contributed by atoms with Crippen LogP contribution in [0.25, 0.3) is 11.0 Å². The lowest BCUT2D eigenvalue weighted by Crippen LogP contribution is -2.07. The van der Waals surface area contributed by atoms with Crippen LogP contribution in [0.15, 0.2) is 16.6 Å². The van der Waals surface area contributed by atoms with Gasteiger partial charge in [0.25, 0.3) is 0 Å². The highest BCUT2D eigenvalue weighted by molar-refractivity contribution is 9.10. The molecular weight excluding hydrogens is 275 g/mol. The molecule has 0 fully saturated rings. The monoisotopic (exact) mass is 279 g/mol. The lowest BCUT2D eigenvalue weighted by molar-refractivity contribution is -0.137. The summed E-state index contributed by atoms with van der Waals surface area (Å²) in [5.41, 5.74) is -0.571. The number of fused-ring (bicyclic) bond motifs is 1. The molecular formula is C8H5BrF3N3. The molecule has 2 rings (SSSR count). The standard InChI is InChI=1S/C8H5BrF3N3/c1-15-5-3-2-4(9)6(8(10,11)12)7(5)13-14-15/h2-3H,1H3. The molecule has 2 aromatic rings. The minimum absolute atomic E-state index is 0.0250. The summed E-state index contributed by atoms with van der Waals surface area (Å²) >= 11 is 2.87. The molecule has 1 aromatic heterocycles. The Labute approximate surface area is 91.0 Å². The van der Waals surface area contributed by atoms with Gasteiger partial charge in [-0.15, -0.1) is 5.10 Å². The number of aromatic nitrogens is 3. The van der Waals surface area contributed by atoms with Crippen LogP contribution in [-0.4, -0.2) is 15.0 Å². The first-order valence-electron chi connectivity index (χ1n) is 3.96. The molecule has 0 spiro atoms. The van der Waals surface area contributed by atoms with Crippen molar-refractivity contribution in [1.29, 1.82) is 0 Å². The molecule has 0 unspecified atom stereocenters. The van der Waals surface area contributed by atoms with Crippen LogP contribution in [0.5, 0.6) is 0 Å². The van der Waals surface area contributed by atoms with Crippen LogP contribution in [0.4, 0.5) is 13.2 Å². The molecule has 1 aromatic carbocycles. The van der Waals surface area contributed by atoms with Crippen molar-refractivity contribution in [1.82, 2.24) is 15.0 Å². The molecule has 0 radical (unpaired) electrons. The van der Waals surface area contributed by atoms with E-state index in [1.807, 2.05) is 0 Å². The Morgan fingerprint density at radius 3 is 2.60 bits per heavy atom. The van der Waals surface area contributed by atoms with Gasteiger partial charge in [0.15, 0.2) is 0 Å². The van der Waals surface area contributed by atoms with Gasteiger partial charge in [0.1, 0.15) is 5.52 Å². The van der Waals surface area contributed by atoms with Gasteiger partial charge in [-0.3, -0.25) is 0 Å². The summed E-state index contributed by atoms with van der Waals surface area (Å²) in [6, 6.07) is 2.88. The summed E-state index contributed by atoms with van der Waals surface area (Å²) in [4.78, 5) is 0. The molecule has 0 aliphatic heterocycles. The molecule has 0 N–H and O–H groups in total. The zero-order valence-corrected chi connectivity index (χ0v) is 9.09. The van der Waals surface area contributed by atoms with Crippen molar-refractivity contribution in [2.45, 2.75) is 6.18 Å². The van der Waals surface area contributed by atoms with Crippen molar-refractivity contribution in [3.63, 3.8) is 0 Å². The van der Waals surface area contributed by atoms with Gasteiger partial charge >= 0.3 is 6.18 Å². The summed E-state index contributed by atoms with van der Waals surface area (Å²) < 4.78 is 39.3. The van der Waals surface area contributed by atoms with E-state index in [1.165, 1.54) is 16.8 Å². The van der Waals surface area contributed by atoms with E-state index in [2.05, 4.69) is 26.2 Å². The maximum absolute atomic E-state index is 12.7. The van der Waals surface area contributed by atoms with E-state index >= 15 is 0 Å². The summed E-state index contributed by atoms with van der Waals surface area (Å²) in [5, 5.41) is 7.07. The van der Waals surface area contributed by atoms with Crippen molar-refractivity contribution in [3.8, 4) is 0 Å². The van der Waals surface area contributed by atoms with Crippen LogP contribution >= 0.6 is 15.9 Å². The molecule has 0 saturated carbocycles. The van der Waals surface area contributed by atoms with E-state index in [1.54, 1.807) is 7.05 Å². The largest absolute Gasteiger partial charge is 0.419 e. The van der Waals surface area contributed by atoms with Gasteiger partial charge in [-0.2, -0.15) is 13.2 Å². The van der Waals surface area contributed by atoms with Crippen LogP contribution in [0, 0.1) is 0 Å². The molecule has 80 valence electrons. The normalized spacial score (nSPS) is 12.3. The number of nitrogens with zero attached hydrogens (tertiary/aromatic N) is 3. The number of halogens is 4. The zero-order valence-electron chi connectivity index (χ0n) is 7.51. The van der Waals surface area contributed by atoms with Gasteiger partial charge in [-0.25, -0.2) is 4.68 Å². The molecule has 0 aliphatic carbocycles. The minimum Gasteiger partial charge on any atom is -0.248 e. The first-order valence-corrected chi connectivity index (χ1v) is 4.75. The number of hydrogen-bond acceptors (Lipinski definition) is 2. The fourth-order valence-corrected chi connectivity index (χ4v) is 1.89. The highest BCUT2D eigenvalue weighted by atomic mass is 79.9. The van der Waals surface area contributed by atoms with Crippen molar-refractivity contribution in [2.24, 2.45) is 7.05 Å². The molecule has 1 heterocycles. The predicted octanol–water partition coefficient (Wildman–Crippen LogP) is 2.75. The first kappa shape index (κ1) is 10.4. The molecule has 0 atom stereocenters. The number of alkyl halides is 3. The molecule has 0 bridgehead atoms. The third kappa shape index (κ3) is 1.60. The SMILES string of the molecule is Cn1nnc2c(C(F)(F)F)c(Br)ccc21. The summed E-state index contributed by atoms with van der Waals surface area (Å²) in [6.07, 6.45) is -4.44. The first-order chi connectivity index (χ1) is 6.91. The number of rotatable bonds is 0. The van der Waals surface area contributed by atoms with Gasteiger partial charge < -0.3 is 0 Å². The molecule has 0 saturated heterocycles. The van der Waals surface area contributed by atoms with Crippen molar-refractivity contribution in [3.05, 3.63) is 22.2 Å². The van der Waals surface area contributed by atoms with Gasteiger partial charge in [0, 0.05) is 11.5 Å². The Kier molecular flexibility index (Phi) is 2.22. The predicted molar refractivity (Wildman–Crippen MR) is 51.2 cm³/mol.